The number of sulfonamides is 1. The number of ether oxygens (including phenoxy) is 2. The number of carbonyl (C=O) groups is 4. The molecule has 43 heavy (non-hydrogen) atoms. The van der Waals surface area contributed by atoms with Gasteiger partial charge in [0, 0.05) is 19.5 Å². The lowest BCUT2D eigenvalue weighted by atomic mass is 9.90. The van der Waals surface area contributed by atoms with Crippen LogP contribution in [-0.2, 0) is 45.1 Å². The normalized spacial score (nSPS) is 23.1. The molecule has 4 rings (SSSR count). The summed E-state index contributed by atoms with van der Waals surface area (Å²) in [6.45, 7) is 5.95. The molecular weight excluding hydrogens is 578 g/mol. The molecule has 1 aromatic rings. The van der Waals surface area contributed by atoms with Crippen LogP contribution in [0.25, 0.3) is 0 Å². The van der Waals surface area contributed by atoms with E-state index in [0.717, 1.165) is 25.7 Å². The standard InChI is InChI=1S/C29H43N5O8S/c1-19(31-25(35)17-34-11-13-41-14-12-34)27(37)33-24(16-21-7-9-22(10-8-21)43(30,39)40)28(38)32-23(15-20-5-3-4-6-20)26(36)29(2)18-42-29/h7-10,19-20,23-24H,3-6,11-18H2,1-2H3,(H,31,35)(H,32,38)(H,33,37)(H2,30,39,40)/t19-,23-,24-,29-/m0/s1. The monoisotopic (exact) mass is 621 g/mol. The second-order valence-electron chi connectivity index (χ2n) is 12.0. The number of nitrogens with zero attached hydrogens (tertiary/aromatic N) is 1. The topological polar surface area (TPSA) is 190 Å². The summed E-state index contributed by atoms with van der Waals surface area (Å²) in [6, 6.07) is 2.85. The molecule has 0 spiro atoms. The first kappa shape index (κ1) is 33.0. The molecule has 0 radical (unpaired) electrons. The minimum Gasteiger partial charge on any atom is -0.379 e. The quantitative estimate of drug-likeness (QED) is 0.201. The summed E-state index contributed by atoms with van der Waals surface area (Å²) in [4.78, 5) is 54.7. The molecule has 0 unspecified atom stereocenters. The lowest BCUT2D eigenvalue weighted by Gasteiger charge is -2.27. The van der Waals surface area contributed by atoms with Gasteiger partial charge in [-0.3, -0.25) is 24.1 Å². The maximum Gasteiger partial charge on any atom is 0.243 e. The van der Waals surface area contributed by atoms with Gasteiger partial charge in [0.15, 0.2) is 5.78 Å². The van der Waals surface area contributed by atoms with Crippen LogP contribution in [0.1, 0.15) is 51.5 Å². The van der Waals surface area contributed by atoms with E-state index in [2.05, 4.69) is 16.0 Å². The largest absolute Gasteiger partial charge is 0.379 e. The second-order valence-corrected chi connectivity index (χ2v) is 13.5. The van der Waals surface area contributed by atoms with Crippen molar-refractivity contribution in [1.29, 1.82) is 0 Å². The molecule has 13 nitrogen and oxygen atoms in total. The first-order valence-corrected chi connectivity index (χ1v) is 16.4. The Morgan fingerprint density at radius 3 is 2.19 bits per heavy atom. The predicted octanol–water partition coefficient (Wildman–Crippen LogP) is -0.379. The van der Waals surface area contributed by atoms with Crippen molar-refractivity contribution in [3.63, 3.8) is 0 Å². The first-order valence-electron chi connectivity index (χ1n) is 14.8. The van der Waals surface area contributed by atoms with Crippen LogP contribution in [0, 0.1) is 5.92 Å². The van der Waals surface area contributed by atoms with Crippen molar-refractivity contribution < 1.29 is 37.1 Å². The highest BCUT2D eigenvalue weighted by molar-refractivity contribution is 7.89. The maximum absolute atomic E-state index is 13.7. The van der Waals surface area contributed by atoms with Crippen molar-refractivity contribution in [1.82, 2.24) is 20.9 Å². The van der Waals surface area contributed by atoms with Crippen LogP contribution in [0.15, 0.2) is 29.2 Å². The molecule has 5 N–H and O–H groups in total. The van der Waals surface area contributed by atoms with Crippen LogP contribution in [0.4, 0.5) is 0 Å². The second kappa shape index (κ2) is 14.2. The molecule has 2 saturated heterocycles. The van der Waals surface area contributed by atoms with Gasteiger partial charge in [0.05, 0.1) is 37.3 Å². The number of ketones is 1. The number of nitrogens with one attached hydrogen (secondary N) is 3. The predicted molar refractivity (Wildman–Crippen MR) is 156 cm³/mol. The summed E-state index contributed by atoms with van der Waals surface area (Å²) in [5.41, 5.74) is -0.369. The van der Waals surface area contributed by atoms with Crippen molar-refractivity contribution in [2.24, 2.45) is 11.1 Å². The Morgan fingerprint density at radius 2 is 1.60 bits per heavy atom. The van der Waals surface area contributed by atoms with Gasteiger partial charge in [-0.1, -0.05) is 37.8 Å². The Bertz CT molecular complexity index is 1270. The Labute approximate surface area is 252 Å². The van der Waals surface area contributed by atoms with E-state index < -0.39 is 45.6 Å². The summed E-state index contributed by atoms with van der Waals surface area (Å²) in [5.74, 6) is -1.36. The van der Waals surface area contributed by atoms with Gasteiger partial charge < -0.3 is 25.4 Å². The molecule has 2 heterocycles. The minimum atomic E-state index is -3.91. The number of epoxide rings is 1. The van der Waals surface area contributed by atoms with Crippen molar-refractivity contribution in [2.45, 2.75) is 81.0 Å². The first-order chi connectivity index (χ1) is 20.3. The van der Waals surface area contributed by atoms with Crippen LogP contribution < -0.4 is 21.1 Å². The fraction of sp³-hybridized carbons (Fsp3) is 0.655. The van der Waals surface area contributed by atoms with E-state index in [0.29, 0.717) is 50.8 Å². The Hall–Kier alpha value is -2.91. The van der Waals surface area contributed by atoms with Gasteiger partial charge in [-0.2, -0.15) is 0 Å². The van der Waals surface area contributed by atoms with Crippen molar-refractivity contribution in [2.75, 3.05) is 39.5 Å². The lowest BCUT2D eigenvalue weighted by molar-refractivity contribution is -0.134. The van der Waals surface area contributed by atoms with E-state index in [-0.39, 0.29) is 29.6 Å². The highest BCUT2D eigenvalue weighted by Gasteiger charge is 2.50. The molecule has 0 bridgehead atoms. The van der Waals surface area contributed by atoms with Crippen LogP contribution in [0.3, 0.4) is 0 Å². The Kier molecular flexibility index (Phi) is 10.9. The molecule has 4 atom stereocenters. The summed E-state index contributed by atoms with van der Waals surface area (Å²) in [5, 5.41) is 13.5. The van der Waals surface area contributed by atoms with Crippen molar-refractivity contribution >= 4 is 33.5 Å². The van der Waals surface area contributed by atoms with E-state index >= 15 is 0 Å². The number of hydrogen-bond acceptors (Lipinski definition) is 9. The zero-order chi connectivity index (χ0) is 31.2. The van der Waals surface area contributed by atoms with E-state index in [4.69, 9.17) is 14.6 Å². The molecule has 3 aliphatic rings. The van der Waals surface area contributed by atoms with E-state index in [1.807, 2.05) is 4.90 Å². The number of morpholine rings is 1. The summed E-state index contributed by atoms with van der Waals surface area (Å²) in [6.07, 6.45) is 4.62. The third-order valence-corrected chi connectivity index (χ3v) is 9.27. The van der Waals surface area contributed by atoms with Gasteiger partial charge in [-0.05, 0) is 43.9 Å². The number of hydrogen-bond donors (Lipinski definition) is 4. The Balaban J connectivity index is 1.46. The van der Waals surface area contributed by atoms with Gasteiger partial charge in [-0.25, -0.2) is 13.6 Å². The number of primary sulfonamides is 1. The van der Waals surface area contributed by atoms with Crippen LogP contribution >= 0.6 is 0 Å². The zero-order valence-electron chi connectivity index (χ0n) is 24.8. The van der Waals surface area contributed by atoms with Crippen molar-refractivity contribution in [3.05, 3.63) is 29.8 Å². The van der Waals surface area contributed by atoms with Gasteiger partial charge in [-0.15, -0.1) is 0 Å². The molecule has 0 aromatic heterocycles. The van der Waals surface area contributed by atoms with E-state index in [9.17, 15) is 27.6 Å². The summed E-state index contributed by atoms with van der Waals surface area (Å²) in [7, 11) is -3.91. The van der Waals surface area contributed by atoms with Gasteiger partial charge in [0.1, 0.15) is 17.7 Å². The highest BCUT2D eigenvalue weighted by atomic mass is 32.2. The fourth-order valence-corrected chi connectivity index (χ4v) is 6.09. The minimum absolute atomic E-state index is 0.00895. The molecule has 1 aromatic carbocycles. The molecular formula is C29H43N5O8S. The van der Waals surface area contributed by atoms with Gasteiger partial charge in [0.25, 0.3) is 0 Å². The molecule has 238 valence electrons. The number of amides is 3. The number of benzene rings is 1. The van der Waals surface area contributed by atoms with E-state index in [1.54, 1.807) is 6.92 Å². The average molecular weight is 622 g/mol. The third-order valence-electron chi connectivity index (χ3n) is 8.34. The smallest absolute Gasteiger partial charge is 0.243 e. The van der Waals surface area contributed by atoms with Crippen LogP contribution in [-0.4, -0.2) is 100 Å². The third kappa shape index (κ3) is 9.54. The molecule has 3 fully saturated rings. The number of Topliss-reactive ketones (excluding diaryl/α,β-unsaturated/α-hetero) is 1. The number of carbonyl (C=O) groups excluding carboxylic acids is 4. The summed E-state index contributed by atoms with van der Waals surface area (Å²) >= 11 is 0. The molecule has 1 aliphatic carbocycles. The Morgan fingerprint density at radius 1 is 1.00 bits per heavy atom. The molecule has 3 amide bonds. The molecule has 14 heteroatoms. The number of rotatable bonds is 14. The highest BCUT2D eigenvalue weighted by Crippen LogP contribution is 2.33. The van der Waals surface area contributed by atoms with Gasteiger partial charge in [0.2, 0.25) is 27.7 Å². The van der Waals surface area contributed by atoms with E-state index in [1.165, 1.54) is 31.2 Å². The molecule has 1 saturated carbocycles. The summed E-state index contributed by atoms with van der Waals surface area (Å²) < 4.78 is 34.1. The van der Waals surface area contributed by atoms with Gasteiger partial charge >= 0.3 is 0 Å². The molecule has 2 aliphatic heterocycles. The fourth-order valence-electron chi connectivity index (χ4n) is 5.57. The maximum atomic E-state index is 13.7. The lowest BCUT2D eigenvalue weighted by Crippen LogP contribution is -2.57. The SMILES string of the molecule is C[C@H](NC(=O)CN1CCOCC1)C(=O)N[C@@H](Cc1ccc(S(N)(=O)=O)cc1)C(=O)N[C@@H](CC1CCCC1)C(=O)[C@]1(C)CO1. The van der Waals surface area contributed by atoms with Crippen LogP contribution in [0.2, 0.25) is 0 Å². The van der Waals surface area contributed by atoms with Crippen molar-refractivity contribution in [3.8, 4) is 0 Å². The average Bonchev–Trinajstić information content (AvgIpc) is 3.50. The number of nitrogens with two attached hydrogens (primary N) is 1. The van der Waals surface area contributed by atoms with Crippen LogP contribution in [0.5, 0.6) is 0 Å². The zero-order valence-corrected chi connectivity index (χ0v) is 25.6.